The van der Waals surface area contributed by atoms with Crippen LogP contribution in [0.2, 0.25) is 5.02 Å². The number of pyridine rings is 2. The number of anilines is 2. The molecule has 0 saturated carbocycles. The first kappa shape index (κ1) is 18.0. The molecule has 1 aromatic carbocycles. The maximum atomic E-state index is 5.98. The number of aromatic nitrogens is 2. The van der Waals surface area contributed by atoms with Crippen molar-refractivity contribution in [3.8, 4) is 0 Å². The Morgan fingerprint density at radius 1 is 1.00 bits per heavy atom. The maximum Gasteiger partial charge on any atom is 0.126 e. The summed E-state index contributed by atoms with van der Waals surface area (Å²) in [5.41, 5.74) is 3.26. The Morgan fingerprint density at radius 3 is 2.56 bits per heavy atom. The average Bonchev–Trinajstić information content (AvgIpc) is 2.69. The van der Waals surface area contributed by atoms with Crippen LogP contribution >= 0.6 is 11.6 Å². The van der Waals surface area contributed by atoms with E-state index in [9.17, 15) is 0 Å². The van der Waals surface area contributed by atoms with Gasteiger partial charge < -0.3 is 10.2 Å². The summed E-state index contributed by atoms with van der Waals surface area (Å²) >= 11 is 5.98. The number of benzene rings is 1. The zero-order valence-electron chi connectivity index (χ0n) is 15.5. The van der Waals surface area contributed by atoms with Gasteiger partial charge in [-0.25, -0.2) is 4.98 Å². The highest BCUT2D eigenvalue weighted by molar-refractivity contribution is 6.30. The normalized spacial score (nSPS) is 15.3. The van der Waals surface area contributed by atoms with Crippen LogP contribution in [0.4, 0.5) is 11.5 Å². The fourth-order valence-electron chi connectivity index (χ4n) is 3.52. The minimum absolute atomic E-state index is 0.789. The third-order valence-electron chi connectivity index (χ3n) is 5.11. The fourth-order valence-corrected chi connectivity index (χ4v) is 3.65. The summed E-state index contributed by atoms with van der Waals surface area (Å²) in [7, 11) is 0. The number of piperazine rings is 1. The minimum Gasteiger partial charge on any atom is -0.369 e. The summed E-state index contributed by atoms with van der Waals surface area (Å²) in [6.45, 7) is 8.15. The molecule has 1 fully saturated rings. The molecule has 1 aliphatic heterocycles. The lowest BCUT2D eigenvalue weighted by molar-refractivity contribution is 0.267. The third kappa shape index (κ3) is 4.31. The van der Waals surface area contributed by atoms with Gasteiger partial charge in [-0.1, -0.05) is 11.6 Å². The number of hydrogen-bond donors (Lipinski definition) is 1. The van der Waals surface area contributed by atoms with E-state index in [1.54, 1.807) is 0 Å². The number of nitrogens with one attached hydrogen (secondary N) is 1. The predicted molar refractivity (Wildman–Crippen MR) is 113 cm³/mol. The van der Waals surface area contributed by atoms with E-state index in [4.69, 9.17) is 11.6 Å². The van der Waals surface area contributed by atoms with E-state index >= 15 is 0 Å². The topological polar surface area (TPSA) is 44.3 Å². The molecular formula is C21H24ClN5. The average molecular weight is 382 g/mol. The van der Waals surface area contributed by atoms with E-state index in [0.29, 0.717) is 0 Å². The Hall–Kier alpha value is -2.37. The first-order valence-electron chi connectivity index (χ1n) is 9.38. The zero-order valence-corrected chi connectivity index (χ0v) is 16.3. The van der Waals surface area contributed by atoms with Gasteiger partial charge in [0.15, 0.2) is 0 Å². The number of hydrogen-bond acceptors (Lipinski definition) is 5. The molecule has 5 nitrogen and oxygen atoms in total. The molecule has 1 N–H and O–H groups in total. The Kier molecular flexibility index (Phi) is 5.41. The molecule has 1 saturated heterocycles. The molecule has 1 aliphatic rings. The lowest BCUT2D eigenvalue weighted by atomic mass is 10.2. The monoisotopic (exact) mass is 381 g/mol. The fraction of sp³-hybridized carbons (Fsp3) is 0.333. The van der Waals surface area contributed by atoms with Crippen LogP contribution in [-0.2, 0) is 0 Å². The van der Waals surface area contributed by atoms with Gasteiger partial charge in [0, 0.05) is 67.3 Å². The van der Waals surface area contributed by atoms with Gasteiger partial charge in [-0.15, -0.1) is 0 Å². The van der Waals surface area contributed by atoms with E-state index in [1.807, 2.05) is 37.4 Å². The van der Waals surface area contributed by atoms with E-state index in [0.717, 1.165) is 66.7 Å². The summed E-state index contributed by atoms with van der Waals surface area (Å²) in [6.07, 6.45) is 1.81. The van der Waals surface area contributed by atoms with Gasteiger partial charge in [0.05, 0.1) is 5.52 Å². The second-order valence-electron chi connectivity index (χ2n) is 6.89. The van der Waals surface area contributed by atoms with Crippen molar-refractivity contribution in [3.05, 3.63) is 59.4 Å². The molecule has 27 heavy (non-hydrogen) atoms. The highest BCUT2D eigenvalue weighted by Gasteiger charge is 2.16. The molecule has 0 radical (unpaired) electrons. The predicted octanol–water partition coefficient (Wildman–Crippen LogP) is 3.83. The van der Waals surface area contributed by atoms with Crippen molar-refractivity contribution in [2.24, 2.45) is 0 Å². The standard InChI is InChI=1S/C21H24ClN5/c1-16-19-6-7-21(25-20(19)8-9-23-16)24-10-11-26-12-14-27(15-13-26)18-4-2-17(22)3-5-18/h2-9H,10-15H2,1H3,(H,24,25). The minimum atomic E-state index is 0.789. The largest absolute Gasteiger partial charge is 0.369 e. The Morgan fingerprint density at radius 2 is 1.78 bits per heavy atom. The summed E-state index contributed by atoms with van der Waals surface area (Å²) in [5, 5.41) is 5.35. The lowest BCUT2D eigenvalue weighted by Crippen LogP contribution is -2.47. The van der Waals surface area contributed by atoms with Gasteiger partial charge >= 0.3 is 0 Å². The van der Waals surface area contributed by atoms with Gasteiger partial charge in [0.1, 0.15) is 5.82 Å². The smallest absolute Gasteiger partial charge is 0.126 e. The summed E-state index contributed by atoms with van der Waals surface area (Å²) in [6, 6.07) is 14.2. The molecule has 3 heterocycles. The summed E-state index contributed by atoms with van der Waals surface area (Å²) < 4.78 is 0. The van der Waals surface area contributed by atoms with Crippen LogP contribution in [0.25, 0.3) is 10.9 Å². The quantitative estimate of drug-likeness (QED) is 0.727. The number of rotatable bonds is 5. The van der Waals surface area contributed by atoms with Gasteiger partial charge in [0.25, 0.3) is 0 Å². The number of nitrogens with zero attached hydrogens (tertiary/aromatic N) is 4. The van der Waals surface area contributed by atoms with Gasteiger partial charge in [-0.3, -0.25) is 9.88 Å². The van der Waals surface area contributed by atoms with Crippen molar-refractivity contribution in [1.29, 1.82) is 0 Å². The highest BCUT2D eigenvalue weighted by Crippen LogP contribution is 2.20. The molecular weight excluding hydrogens is 358 g/mol. The Balaban J connectivity index is 1.26. The maximum absolute atomic E-state index is 5.98. The van der Waals surface area contributed by atoms with Crippen LogP contribution in [0.5, 0.6) is 0 Å². The zero-order chi connectivity index (χ0) is 18.6. The molecule has 4 rings (SSSR count). The SMILES string of the molecule is Cc1nccc2nc(NCCN3CCN(c4ccc(Cl)cc4)CC3)ccc12. The third-order valence-corrected chi connectivity index (χ3v) is 5.37. The van der Waals surface area contributed by atoms with E-state index < -0.39 is 0 Å². The lowest BCUT2D eigenvalue weighted by Gasteiger charge is -2.36. The number of aryl methyl sites for hydroxylation is 1. The molecule has 0 unspecified atom stereocenters. The molecule has 140 valence electrons. The first-order chi connectivity index (χ1) is 13.2. The van der Waals surface area contributed by atoms with Crippen LogP contribution in [0.1, 0.15) is 5.69 Å². The van der Waals surface area contributed by atoms with Crippen molar-refractivity contribution in [3.63, 3.8) is 0 Å². The Bertz CT molecular complexity index is 904. The Labute approximate surface area is 165 Å². The molecule has 0 atom stereocenters. The first-order valence-corrected chi connectivity index (χ1v) is 9.76. The second-order valence-corrected chi connectivity index (χ2v) is 7.33. The van der Waals surface area contributed by atoms with Crippen LogP contribution in [-0.4, -0.2) is 54.1 Å². The van der Waals surface area contributed by atoms with E-state index in [1.165, 1.54) is 5.69 Å². The van der Waals surface area contributed by atoms with Gasteiger partial charge in [0.2, 0.25) is 0 Å². The van der Waals surface area contributed by atoms with Crippen LogP contribution in [0.3, 0.4) is 0 Å². The van der Waals surface area contributed by atoms with Crippen molar-refractivity contribution in [2.75, 3.05) is 49.5 Å². The molecule has 6 heteroatoms. The second kappa shape index (κ2) is 8.11. The molecule has 0 bridgehead atoms. The number of halogens is 1. The van der Waals surface area contributed by atoms with Crippen LogP contribution < -0.4 is 10.2 Å². The summed E-state index contributed by atoms with van der Waals surface area (Å²) in [5.74, 6) is 0.924. The number of fused-ring (bicyclic) bond motifs is 1. The molecule has 0 aliphatic carbocycles. The van der Waals surface area contributed by atoms with Crippen molar-refractivity contribution < 1.29 is 0 Å². The van der Waals surface area contributed by atoms with E-state index in [-0.39, 0.29) is 0 Å². The van der Waals surface area contributed by atoms with Gasteiger partial charge in [-0.05, 0) is 49.4 Å². The van der Waals surface area contributed by atoms with Crippen molar-refractivity contribution >= 4 is 34.0 Å². The van der Waals surface area contributed by atoms with Gasteiger partial charge in [-0.2, -0.15) is 0 Å². The molecule has 3 aromatic rings. The van der Waals surface area contributed by atoms with Crippen molar-refractivity contribution in [1.82, 2.24) is 14.9 Å². The molecule has 0 amide bonds. The van der Waals surface area contributed by atoms with Crippen LogP contribution in [0.15, 0.2) is 48.7 Å². The molecule has 2 aromatic heterocycles. The molecule has 0 spiro atoms. The van der Waals surface area contributed by atoms with Crippen molar-refractivity contribution in [2.45, 2.75) is 6.92 Å². The highest BCUT2D eigenvalue weighted by atomic mass is 35.5. The van der Waals surface area contributed by atoms with E-state index in [2.05, 4.69) is 43.3 Å². The summed E-state index contributed by atoms with van der Waals surface area (Å²) in [4.78, 5) is 13.9. The van der Waals surface area contributed by atoms with Crippen LogP contribution in [0, 0.1) is 6.92 Å².